The summed E-state index contributed by atoms with van der Waals surface area (Å²) in [6.45, 7) is 2.13. The van der Waals surface area contributed by atoms with Crippen molar-refractivity contribution in [1.29, 1.82) is 0 Å². The minimum Gasteiger partial charge on any atom is -0.469 e. The number of hydrogen-bond donors (Lipinski definition) is 0. The van der Waals surface area contributed by atoms with E-state index in [1.165, 1.54) is 11.1 Å². The van der Waals surface area contributed by atoms with E-state index in [1.807, 2.05) is 12.1 Å². The normalized spacial score (nSPS) is 11.7. The van der Waals surface area contributed by atoms with Gasteiger partial charge in [0.05, 0.1) is 6.26 Å². The number of furan rings is 1. The van der Waals surface area contributed by atoms with Crippen molar-refractivity contribution in [3.05, 3.63) is 59.5 Å². The molecule has 0 unspecified atom stereocenters. The number of benzene rings is 1. The van der Waals surface area contributed by atoms with E-state index in [0.717, 1.165) is 22.8 Å². The fourth-order valence-electron chi connectivity index (χ4n) is 2.11. The van der Waals surface area contributed by atoms with Crippen molar-refractivity contribution in [2.24, 2.45) is 0 Å². The van der Waals surface area contributed by atoms with Crippen molar-refractivity contribution in [2.45, 2.75) is 18.8 Å². The van der Waals surface area contributed by atoms with Crippen molar-refractivity contribution in [2.75, 3.05) is 10.7 Å². The van der Waals surface area contributed by atoms with Crippen LogP contribution >= 0.6 is 31.9 Å². The molecule has 0 aliphatic heterocycles. The second-order valence-corrected chi connectivity index (χ2v) is 5.79. The van der Waals surface area contributed by atoms with Crippen LogP contribution in [0.15, 0.2) is 47.1 Å². The van der Waals surface area contributed by atoms with Gasteiger partial charge in [0.1, 0.15) is 5.76 Å². The summed E-state index contributed by atoms with van der Waals surface area (Å²) in [5, 5.41) is 1.80. The molecule has 0 saturated carbocycles. The molecule has 0 amide bonds. The van der Waals surface area contributed by atoms with Gasteiger partial charge in [-0.1, -0.05) is 61.7 Å². The first-order chi connectivity index (χ1) is 8.70. The highest BCUT2D eigenvalue weighted by Crippen LogP contribution is 2.33. The Bertz CT molecular complexity index is 487. The smallest absolute Gasteiger partial charge is 0.104 e. The van der Waals surface area contributed by atoms with Crippen LogP contribution in [0.5, 0.6) is 0 Å². The standard InChI is InChI=1S/C15H16Br2O/c1-12-4-2-5-13(8-12)15(10-16,11-17)9-14-6-3-7-18-14/h2-8H,9-11H2,1H3. The zero-order valence-electron chi connectivity index (χ0n) is 10.3. The van der Waals surface area contributed by atoms with Crippen LogP contribution in [-0.4, -0.2) is 10.7 Å². The van der Waals surface area contributed by atoms with Gasteiger partial charge in [0.2, 0.25) is 0 Å². The fourth-order valence-corrected chi connectivity index (χ4v) is 4.08. The quantitative estimate of drug-likeness (QED) is 0.684. The molecule has 1 nitrogen and oxygen atoms in total. The summed E-state index contributed by atoms with van der Waals surface area (Å²) in [6.07, 6.45) is 2.62. The van der Waals surface area contributed by atoms with Gasteiger partial charge >= 0.3 is 0 Å². The van der Waals surface area contributed by atoms with Crippen LogP contribution in [0.2, 0.25) is 0 Å². The minimum atomic E-state index is 0.0316. The lowest BCUT2D eigenvalue weighted by Gasteiger charge is -2.30. The topological polar surface area (TPSA) is 13.1 Å². The summed E-state index contributed by atoms with van der Waals surface area (Å²) < 4.78 is 5.50. The molecule has 96 valence electrons. The summed E-state index contributed by atoms with van der Waals surface area (Å²) in [7, 11) is 0. The maximum absolute atomic E-state index is 5.50. The molecule has 1 aromatic carbocycles. The molecule has 2 aromatic rings. The van der Waals surface area contributed by atoms with Crippen molar-refractivity contribution >= 4 is 31.9 Å². The Kier molecular flexibility index (Phi) is 4.68. The molecule has 0 aliphatic rings. The third-order valence-electron chi connectivity index (χ3n) is 3.23. The van der Waals surface area contributed by atoms with Gasteiger partial charge < -0.3 is 4.42 Å². The maximum atomic E-state index is 5.50. The molecule has 0 spiro atoms. The van der Waals surface area contributed by atoms with Crippen LogP contribution in [0.3, 0.4) is 0 Å². The second kappa shape index (κ2) is 6.07. The summed E-state index contributed by atoms with van der Waals surface area (Å²) in [4.78, 5) is 0. The summed E-state index contributed by atoms with van der Waals surface area (Å²) in [5.41, 5.74) is 2.66. The van der Waals surface area contributed by atoms with Crippen molar-refractivity contribution in [3.63, 3.8) is 0 Å². The van der Waals surface area contributed by atoms with Gasteiger partial charge in [-0.2, -0.15) is 0 Å². The Hall–Kier alpha value is -0.540. The van der Waals surface area contributed by atoms with Crippen LogP contribution in [0, 0.1) is 6.92 Å². The average molecular weight is 372 g/mol. The number of aryl methyl sites for hydroxylation is 1. The molecule has 0 radical (unpaired) electrons. The number of rotatable bonds is 5. The van der Waals surface area contributed by atoms with E-state index >= 15 is 0 Å². The lowest BCUT2D eigenvalue weighted by atomic mass is 9.80. The third-order valence-corrected chi connectivity index (χ3v) is 5.38. The van der Waals surface area contributed by atoms with E-state index in [1.54, 1.807) is 6.26 Å². The van der Waals surface area contributed by atoms with Crippen LogP contribution < -0.4 is 0 Å². The Morgan fingerprint density at radius 1 is 1.11 bits per heavy atom. The molecule has 1 aromatic heterocycles. The molecule has 0 saturated heterocycles. The van der Waals surface area contributed by atoms with Gasteiger partial charge in [-0.15, -0.1) is 0 Å². The first-order valence-corrected chi connectivity index (χ1v) is 8.16. The van der Waals surface area contributed by atoms with Gasteiger partial charge in [0.25, 0.3) is 0 Å². The van der Waals surface area contributed by atoms with E-state index in [0.29, 0.717) is 0 Å². The zero-order chi connectivity index (χ0) is 13.0. The molecule has 0 aliphatic carbocycles. The number of hydrogen-bond acceptors (Lipinski definition) is 1. The van der Waals surface area contributed by atoms with E-state index in [-0.39, 0.29) is 5.41 Å². The molecule has 0 fully saturated rings. The first-order valence-electron chi connectivity index (χ1n) is 5.92. The van der Waals surface area contributed by atoms with Crippen LogP contribution in [0.4, 0.5) is 0 Å². The van der Waals surface area contributed by atoms with E-state index in [4.69, 9.17) is 4.42 Å². The molecule has 3 heteroatoms. The predicted octanol–water partition coefficient (Wildman–Crippen LogP) is 4.86. The summed E-state index contributed by atoms with van der Waals surface area (Å²) in [5.74, 6) is 1.02. The molecule has 1 heterocycles. The maximum Gasteiger partial charge on any atom is 0.104 e. The minimum absolute atomic E-state index is 0.0316. The van der Waals surface area contributed by atoms with Crippen LogP contribution in [-0.2, 0) is 11.8 Å². The molecular weight excluding hydrogens is 356 g/mol. The Morgan fingerprint density at radius 2 is 1.89 bits per heavy atom. The van der Waals surface area contributed by atoms with E-state index in [2.05, 4.69) is 63.0 Å². The fraction of sp³-hybridized carbons (Fsp3) is 0.333. The van der Waals surface area contributed by atoms with Crippen molar-refractivity contribution in [1.82, 2.24) is 0 Å². The predicted molar refractivity (Wildman–Crippen MR) is 82.9 cm³/mol. The molecule has 18 heavy (non-hydrogen) atoms. The molecule has 0 atom stereocenters. The highest BCUT2D eigenvalue weighted by molar-refractivity contribution is 9.09. The second-order valence-electron chi connectivity index (χ2n) is 4.67. The lowest BCUT2D eigenvalue weighted by Crippen LogP contribution is -2.32. The Morgan fingerprint density at radius 3 is 2.44 bits per heavy atom. The van der Waals surface area contributed by atoms with Gasteiger partial charge in [-0.25, -0.2) is 0 Å². The highest BCUT2D eigenvalue weighted by Gasteiger charge is 2.31. The highest BCUT2D eigenvalue weighted by atomic mass is 79.9. The summed E-state index contributed by atoms with van der Waals surface area (Å²) in [6, 6.07) is 12.7. The van der Waals surface area contributed by atoms with Gasteiger partial charge in [0.15, 0.2) is 0 Å². The summed E-state index contributed by atoms with van der Waals surface area (Å²) >= 11 is 7.34. The largest absolute Gasteiger partial charge is 0.469 e. The van der Waals surface area contributed by atoms with Gasteiger partial charge in [0, 0.05) is 22.5 Å². The Balaban J connectivity index is 2.37. The van der Waals surface area contributed by atoms with Crippen LogP contribution in [0.1, 0.15) is 16.9 Å². The van der Waals surface area contributed by atoms with Crippen molar-refractivity contribution < 1.29 is 4.42 Å². The average Bonchev–Trinajstić information content (AvgIpc) is 2.89. The SMILES string of the molecule is Cc1cccc(C(CBr)(CBr)Cc2ccco2)c1. The first kappa shape index (κ1) is 13.9. The zero-order valence-corrected chi connectivity index (χ0v) is 13.5. The number of halogens is 2. The van der Waals surface area contributed by atoms with Gasteiger partial charge in [-0.3, -0.25) is 0 Å². The molecular formula is C15H16Br2O. The third kappa shape index (κ3) is 2.89. The number of alkyl halides is 2. The lowest BCUT2D eigenvalue weighted by molar-refractivity contribution is 0.443. The molecule has 2 rings (SSSR count). The Labute approximate surface area is 125 Å². The van der Waals surface area contributed by atoms with Gasteiger partial charge in [-0.05, 0) is 24.6 Å². The monoisotopic (exact) mass is 370 g/mol. The van der Waals surface area contributed by atoms with Crippen molar-refractivity contribution in [3.8, 4) is 0 Å². The molecule has 0 N–H and O–H groups in total. The molecule has 0 bridgehead atoms. The van der Waals surface area contributed by atoms with E-state index in [9.17, 15) is 0 Å². The van der Waals surface area contributed by atoms with E-state index < -0.39 is 0 Å². The van der Waals surface area contributed by atoms with Crippen LogP contribution in [0.25, 0.3) is 0 Å².